The predicted octanol–water partition coefficient (Wildman–Crippen LogP) is 4.45. The molecule has 1 aromatic heterocycles. The van der Waals surface area contributed by atoms with E-state index in [-0.39, 0.29) is 0 Å². The van der Waals surface area contributed by atoms with Crippen molar-refractivity contribution in [1.82, 2.24) is 14.4 Å². The molecule has 0 N–H and O–H groups in total. The van der Waals surface area contributed by atoms with E-state index >= 15 is 0 Å². The monoisotopic (exact) mass is 423 g/mol. The summed E-state index contributed by atoms with van der Waals surface area (Å²) in [4.78, 5) is 4.94. The molecule has 3 aromatic rings. The molecule has 0 saturated carbocycles. The van der Waals surface area contributed by atoms with Crippen molar-refractivity contribution in [3.05, 3.63) is 65.0 Å². The smallest absolute Gasteiger partial charge is 0.245 e. The van der Waals surface area contributed by atoms with Gasteiger partial charge in [-0.25, -0.2) is 8.42 Å². The van der Waals surface area contributed by atoms with Crippen LogP contribution in [0, 0.1) is 6.92 Å². The highest BCUT2D eigenvalue weighted by atomic mass is 32.2. The molecular weight excluding hydrogens is 398 g/mol. The van der Waals surface area contributed by atoms with Crippen LogP contribution in [0.4, 0.5) is 0 Å². The van der Waals surface area contributed by atoms with Crippen LogP contribution in [-0.2, 0) is 22.9 Å². The molecule has 2 aromatic carbocycles. The molecule has 1 atom stereocenters. The van der Waals surface area contributed by atoms with Gasteiger partial charge in [0.25, 0.3) is 0 Å². The van der Waals surface area contributed by atoms with Crippen LogP contribution in [0.1, 0.15) is 54.3 Å². The Morgan fingerprint density at radius 1 is 1.03 bits per heavy atom. The molecular formula is C23H25N3O3S. The maximum atomic E-state index is 13.5. The highest BCUT2D eigenvalue weighted by Gasteiger charge is 2.39. The largest absolute Gasteiger partial charge is 0.337 e. The molecule has 1 saturated heterocycles. The number of benzene rings is 2. The van der Waals surface area contributed by atoms with Gasteiger partial charge in [-0.1, -0.05) is 35.5 Å². The fourth-order valence-electron chi connectivity index (χ4n) is 4.58. The maximum absolute atomic E-state index is 13.5. The Kier molecular flexibility index (Phi) is 4.95. The molecule has 0 unspecified atom stereocenters. The zero-order valence-electron chi connectivity index (χ0n) is 17.0. The molecule has 0 amide bonds. The van der Waals surface area contributed by atoms with Gasteiger partial charge in [0.15, 0.2) is 0 Å². The van der Waals surface area contributed by atoms with Crippen molar-refractivity contribution in [3.63, 3.8) is 0 Å². The molecule has 0 bridgehead atoms. The third-order valence-electron chi connectivity index (χ3n) is 6.24. The van der Waals surface area contributed by atoms with Crippen molar-refractivity contribution in [2.45, 2.75) is 56.4 Å². The van der Waals surface area contributed by atoms with Gasteiger partial charge in [-0.3, -0.25) is 0 Å². The Bertz CT molecular complexity index is 1190. The average Bonchev–Trinajstić information content (AvgIpc) is 3.43. The van der Waals surface area contributed by atoms with Gasteiger partial charge in [-0.15, -0.1) is 0 Å². The lowest BCUT2D eigenvalue weighted by molar-refractivity contribution is 0.290. The SMILES string of the molecule is Cc1ccccc1-c1noc([C@@H]2CCCN2S(=O)(=O)c2ccc3c(c2)CCCC3)n1. The Morgan fingerprint density at radius 3 is 2.67 bits per heavy atom. The molecule has 1 aliphatic carbocycles. The molecule has 6 nitrogen and oxygen atoms in total. The van der Waals surface area contributed by atoms with Gasteiger partial charge in [-0.2, -0.15) is 9.29 Å². The third-order valence-corrected chi connectivity index (χ3v) is 8.15. The molecule has 1 aliphatic heterocycles. The van der Waals surface area contributed by atoms with E-state index in [1.165, 1.54) is 16.3 Å². The molecule has 1 fully saturated rings. The van der Waals surface area contributed by atoms with Crippen LogP contribution >= 0.6 is 0 Å². The quantitative estimate of drug-likeness (QED) is 0.620. The van der Waals surface area contributed by atoms with Crippen LogP contribution in [0.25, 0.3) is 11.4 Å². The van der Waals surface area contributed by atoms with Gasteiger partial charge in [0.2, 0.25) is 21.7 Å². The van der Waals surface area contributed by atoms with E-state index in [2.05, 4.69) is 10.1 Å². The molecule has 156 valence electrons. The number of nitrogens with zero attached hydrogens (tertiary/aromatic N) is 3. The van der Waals surface area contributed by atoms with E-state index in [0.717, 1.165) is 42.4 Å². The van der Waals surface area contributed by atoms with Gasteiger partial charge in [0.1, 0.15) is 6.04 Å². The molecule has 0 radical (unpaired) electrons. The summed E-state index contributed by atoms with van der Waals surface area (Å²) in [6.45, 7) is 2.46. The fourth-order valence-corrected chi connectivity index (χ4v) is 6.29. The summed E-state index contributed by atoms with van der Waals surface area (Å²) in [7, 11) is -3.63. The van der Waals surface area contributed by atoms with E-state index in [4.69, 9.17) is 4.52 Å². The van der Waals surface area contributed by atoms with Crippen molar-refractivity contribution in [3.8, 4) is 11.4 Å². The van der Waals surface area contributed by atoms with Gasteiger partial charge in [0.05, 0.1) is 4.90 Å². The summed E-state index contributed by atoms with van der Waals surface area (Å²) < 4.78 is 34.0. The second kappa shape index (κ2) is 7.63. The van der Waals surface area contributed by atoms with Crippen molar-refractivity contribution in [2.75, 3.05) is 6.54 Å². The van der Waals surface area contributed by atoms with E-state index in [1.54, 1.807) is 6.07 Å². The highest BCUT2D eigenvalue weighted by molar-refractivity contribution is 7.89. The van der Waals surface area contributed by atoms with E-state index < -0.39 is 16.1 Å². The molecule has 7 heteroatoms. The molecule has 5 rings (SSSR count). The standard InChI is InChI=1S/C23H25N3O3S/c1-16-7-2-5-10-20(16)22-24-23(29-25-22)21-11-6-14-26(21)30(27,28)19-13-12-17-8-3-4-9-18(17)15-19/h2,5,7,10,12-13,15,21H,3-4,6,8-9,11,14H2,1H3/t21-/m0/s1. The second-order valence-corrected chi connectivity index (χ2v) is 10.1. The number of hydrogen-bond acceptors (Lipinski definition) is 5. The minimum absolute atomic E-state index is 0.368. The predicted molar refractivity (Wildman–Crippen MR) is 113 cm³/mol. The third kappa shape index (κ3) is 3.36. The second-order valence-electron chi connectivity index (χ2n) is 8.18. The Hall–Kier alpha value is -2.51. The average molecular weight is 424 g/mol. The topological polar surface area (TPSA) is 76.3 Å². The summed E-state index contributed by atoms with van der Waals surface area (Å²) in [6, 6.07) is 13.0. The summed E-state index contributed by atoms with van der Waals surface area (Å²) >= 11 is 0. The van der Waals surface area contributed by atoms with E-state index in [1.807, 2.05) is 43.3 Å². The first-order valence-electron chi connectivity index (χ1n) is 10.6. The number of sulfonamides is 1. The van der Waals surface area contributed by atoms with Crippen molar-refractivity contribution < 1.29 is 12.9 Å². The lowest BCUT2D eigenvalue weighted by atomic mass is 9.92. The van der Waals surface area contributed by atoms with Crippen LogP contribution in [0.2, 0.25) is 0 Å². The van der Waals surface area contributed by atoms with Crippen molar-refractivity contribution in [2.24, 2.45) is 0 Å². The van der Waals surface area contributed by atoms with Crippen LogP contribution < -0.4 is 0 Å². The van der Waals surface area contributed by atoms with Gasteiger partial charge < -0.3 is 4.52 Å². The number of aromatic nitrogens is 2. The Morgan fingerprint density at radius 2 is 1.83 bits per heavy atom. The fraction of sp³-hybridized carbons (Fsp3) is 0.391. The van der Waals surface area contributed by atoms with E-state index in [9.17, 15) is 8.42 Å². The van der Waals surface area contributed by atoms with E-state index in [0.29, 0.717) is 29.6 Å². The van der Waals surface area contributed by atoms with Gasteiger partial charge in [-0.05, 0) is 74.3 Å². The van der Waals surface area contributed by atoms with Crippen LogP contribution in [0.3, 0.4) is 0 Å². The molecule has 2 aliphatic rings. The number of aryl methyl sites for hydroxylation is 3. The summed E-state index contributed by atoms with van der Waals surface area (Å²) in [5, 5.41) is 4.13. The van der Waals surface area contributed by atoms with Crippen molar-refractivity contribution >= 4 is 10.0 Å². The zero-order chi connectivity index (χ0) is 20.7. The summed E-state index contributed by atoms with van der Waals surface area (Å²) in [5.41, 5.74) is 4.39. The molecule has 2 heterocycles. The minimum atomic E-state index is -3.63. The lowest BCUT2D eigenvalue weighted by Gasteiger charge is -2.23. The first kappa shape index (κ1) is 19.5. The lowest BCUT2D eigenvalue weighted by Crippen LogP contribution is -2.31. The first-order chi connectivity index (χ1) is 14.5. The number of fused-ring (bicyclic) bond motifs is 1. The summed E-state index contributed by atoms with van der Waals surface area (Å²) in [6.07, 6.45) is 5.73. The Balaban J connectivity index is 1.46. The normalized spacial score (nSPS) is 19.7. The minimum Gasteiger partial charge on any atom is -0.337 e. The highest BCUT2D eigenvalue weighted by Crippen LogP contribution is 2.37. The van der Waals surface area contributed by atoms with Gasteiger partial charge >= 0.3 is 0 Å². The number of rotatable bonds is 4. The van der Waals surface area contributed by atoms with Crippen molar-refractivity contribution in [1.29, 1.82) is 0 Å². The molecule has 0 spiro atoms. The molecule has 30 heavy (non-hydrogen) atoms. The van der Waals surface area contributed by atoms with Crippen LogP contribution in [0.5, 0.6) is 0 Å². The van der Waals surface area contributed by atoms with Crippen LogP contribution in [0.15, 0.2) is 51.9 Å². The zero-order valence-corrected chi connectivity index (χ0v) is 17.9. The van der Waals surface area contributed by atoms with Gasteiger partial charge in [0, 0.05) is 12.1 Å². The summed E-state index contributed by atoms with van der Waals surface area (Å²) in [5.74, 6) is 0.869. The Labute approximate surface area is 177 Å². The van der Waals surface area contributed by atoms with Crippen LogP contribution in [-0.4, -0.2) is 29.4 Å². The first-order valence-corrected chi connectivity index (χ1v) is 12.0. The number of hydrogen-bond donors (Lipinski definition) is 0. The maximum Gasteiger partial charge on any atom is 0.245 e.